The molecule has 0 atom stereocenters. The lowest BCUT2D eigenvalue weighted by Crippen LogP contribution is -2.74. The zero-order valence-corrected chi connectivity index (χ0v) is 44.7. The molecule has 354 valence electrons. The van der Waals surface area contributed by atoms with Crippen molar-refractivity contribution in [3.63, 3.8) is 0 Å². The van der Waals surface area contributed by atoms with E-state index in [9.17, 15) is 0 Å². The van der Waals surface area contributed by atoms with Gasteiger partial charge < -0.3 is 0 Å². The van der Waals surface area contributed by atoms with Crippen molar-refractivity contribution < 1.29 is 0 Å². The fourth-order valence-electron chi connectivity index (χ4n) is 12.8. The second kappa shape index (κ2) is 19.6. The van der Waals surface area contributed by atoms with Crippen LogP contribution in [-0.4, -0.2) is 24.2 Å². The van der Waals surface area contributed by atoms with Gasteiger partial charge in [0.1, 0.15) is 0 Å². The lowest BCUT2D eigenvalue weighted by Gasteiger charge is -2.34. The van der Waals surface area contributed by atoms with E-state index in [-0.39, 0.29) is 0 Å². The Labute approximate surface area is 444 Å². The van der Waals surface area contributed by atoms with Crippen LogP contribution < -0.4 is 62.2 Å². The van der Waals surface area contributed by atoms with Crippen LogP contribution >= 0.6 is 0 Å². The summed E-state index contributed by atoms with van der Waals surface area (Å²) in [6.45, 7) is 0. The molecule has 0 saturated carbocycles. The zero-order chi connectivity index (χ0) is 50.1. The summed E-state index contributed by atoms with van der Waals surface area (Å²) in [6, 6.07) is 124. The van der Waals surface area contributed by atoms with Crippen LogP contribution in [0.4, 0.5) is 0 Å². The Balaban J connectivity index is 0.971. The Morgan fingerprint density at radius 1 is 0.187 bits per heavy atom. The molecule has 0 fully saturated rings. The molecule has 0 amide bonds. The molecule has 0 aliphatic carbocycles. The van der Waals surface area contributed by atoms with E-state index in [1.54, 1.807) is 0 Å². The molecular weight excluding hydrogens is 949 g/mol. The second-order valence-corrected chi connectivity index (χ2v) is 31.2. The van der Waals surface area contributed by atoms with E-state index < -0.39 is 24.2 Å². The molecule has 12 aromatic rings. The Kier molecular flexibility index (Phi) is 12.1. The predicted octanol–water partition coefficient (Wildman–Crippen LogP) is 9.13. The molecule has 0 N–H and O–H groups in total. The minimum absolute atomic E-state index is 1.22. The topological polar surface area (TPSA) is 0 Å². The maximum atomic E-state index is 2.51. The number of hydrogen-bond acceptors (Lipinski definition) is 0. The molecule has 1 heterocycles. The van der Waals surface area contributed by atoms with Crippen LogP contribution in [0.1, 0.15) is 0 Å². The van der Waals surface area contributed by atoms with E-state index in [1.807, 2.05) is 0 Å². The van der Waals surface area contributed by atoms with Crippen molar-refractivity contribution in [3.05, 3.63) is 328 Å². The van der Waals surface area contributed by atoms with Crippen LogP contribution in [0.5, 0.6) is 0 Å². The average Bonchev–Trinajstić information content (AvgIpc) is 3.80. The van der Waals surface area contributed by atoms with Gasteiger partial charge >= 0.3 is 0 Å². The molecule has 1 aliphatic rings. The van der Waals surface area contributed by atoms with Crippen molar-refractivity contribution in [1.29, 1.82) is 0 Å². The van der Waals surface area contributed by atoms with Crippen LogP contribution in [0.25, 0.3) is 33.4 Å². The third kappa shape index (κ3) is 7.62. The summed E-state index contributed by atoms with van der Waals surface area (Å²) in [5.41, 5.74) is 7.54. The fourth-order valence-corrected chi connectivity index (χ4v) is 27.4. The molecule has 0 bridgehead atoms. The average molecular weight is 1000 g/mol. The van der Waals surface area contributed by atoms with E-state index in [0.29, 0.717) is 0 Å². The van der Waals surface area contributed by atoms with Crippen molar-refractivity contribution in [2.45, 2.75) is 0 Å². The third-order valence-electron chi connectivity index (χ3n) is 16.1. The standard InChI is InChI=1S/C72H54Si3/c1-9-25-59(26-10-1)73(60-27-11-2-12-28-60,61-29-13-3-14-30-61)67-47-41-55(42-48-67)57-45-51-71-69(53-57)70-54-58(46-52-72(70)75(71,65-37-21-7-22-38-65)66-39-23-8-24-40-66)56-43-49-68(50-44-56)74(62-31-15-4-16-32-62,63-33-17-5-18-34-63)64-35-19-6-20-36-64/h1-54H. The van der Waals surface area contributed by atoms with Gasteiger partial charge in [0, 0.05) is 0 Å². The fraction of sp³-hybridized carbons (Fsp3) is 0. The smallest absolute Gasteiger partial charge is 0.0623 e. The van der Waals surface area contributed by atoms with Gasteiger partial charge in [0.25, 0.3) is 0 Å². The molecule has 13 rings (SSSR count). The molecule has 0 aromatic heterocycles. The number of rotatable bonds is 12. The molecule has 0 saturated heterocycles. The highest BCUT2D eigenvalue weighted by Gasteiger charge is 2.49. The van der Waals surface area contributed by atoms with E-state index >= 15 is 0 Å². The first-order chi connectivity index (χ1) is 37.2. The summed E-state index contributed by atoms with van der Waals surface area (Å²) in [5, 5.41) is 16.7. The lowest BCUT2D eigenvalue weighted by molar-refractivity contribution is 1.62. The monoisotopic (exact) mass is 1000 g/mol. The first kappa shape index (κ1) is 46.1. The van der Waals surface area contributed by atoms with Gasteiger partial charge in [-0.25, -0.2) is 0 Å². The van der Waals surface area contributed by atoms with E-state index in [1.165, 1.54) is 95.6 Å². The minimum atomic E-state index is -2.76. The van der Waals surface area contributed by atoms with Crippen molar-refractivity contribution >= 4 is 86.5 Å². The summed E-state index contributed by atoms with van der Waals surface area (Å²) in [5.74, 6) is 0. The maximum absolute atomic E-state index is 2.76. The molecule has 0 unspecified atom stereocenters. The highest BCUT2D eigenvalue weighted by atomic mass is 28.3. The van der Waals surface area contributed by atoms with Gasteiger partial charge in [-0.2, -0.15) is 0 Å². The molecule has 12 aromatic carbocycles. The second-order valence-electron chi connectivity index (χ2n) is 19.9. The van der Waals surface area contributed by atoms with Gasteiger partial charge in [-0.15, -0.1) is 0 Å². The van der Waals surface area contributed by atoms with Gasteiger partial charge in [0.05, 0.1) is 0 Å². The van der Waals surface area contributed by atoms with E-state index in [0.717, 1.165) is 0 Å². The van der Waals surface area contributed by atoms with Gasteiger partial charge in [-0.05, 0) is 108 Å². The van der Waals surface area contributed by atoms with Crippen molar-refractivity contribution in [3.8, 4) is 33.4 Å². The van der Waals surface area contributed by atoms with Crippen LogP contribution in [0, 0.1) is 0 Å². The normalized spacial score (nSPS) is 12.6. The molecule has 75 heavy (non-hydrogen) atoms. The van der Waals surface area contributed by atoms with Crippen LogP contribution in [0.3, 0.4) is 0 Å². The first-order valence-electron chi connectivity index (χ1n) is 26.2. The van der Waals surface area contributed by atoms with E-state index in [2.05, 4.69) is 328 Å². The van der Waals surface area contributed by atoms with E-state index in [4.69, 9.17) is 0 Å². The molecule has 0 spiro atoms. The highest BCUT2D eigenvalue weighted by Crippen LogP contribution is 2.35. The molecular formula is C72H54Si3. The number of hydrogen-bond donors (Lipinski definition) is 0. The van der Waals surface area contributed by atoms with Gasteiger partial charge in [-0.3, -0.25) is 0 Å². The summed E-state index contributed by atoms with van der Waals surface area (Å²) >= 11 is 0. The van der Waals surface area contributed by atoms with Crippen LogP contribution in [-0.2, 0) is 0 Å². The molecule has 3 heteroatoms. The predicted molar refractivity (Wildman–Crippen MR) is 327 cm³/mol. The number of fused-ring (bicyclic) bond motifs is 3. The molecule has 0 radical (unpaired) electrons. The summed E-state index contributed by atoms with van der Waals surface area (Å²) in [7, 11) is -8.11. The largest absolute Gasteiger partial charge is 0.180 e. The summed E-state index contributed by atoms with van der Waals surface area (Å²) < 4.78 is 0. The number of benzene rings is 12. The van der Waals surface area contributed by atoms with Crippen molar-refractivity contribution in [2.24, 2.45) is 0 Å². The van der Waals surface area contributed by atoms with Gasteiger partial charge in [-0.1, -0.05) is 315 Å². The third-order valence-corrected chi connectivity index (χ3v) is 30.6. The minimum Gasteiger partial charge on any atom is -0.0623 e. The Morgan fingerprint density at radius 3 is 0.653 bits per heavy atom. The van der Waals surface area contributed by atoms with Gasteiger partial charge in [0.15, 0.2) is 24.2 Å². The Morgan fingerprint density at radius 2 is 0.400 bits per heavy atom. The summed E-state index contributed by atoms with van der Waals surface area (Å²) in [4.78, 5) is 0. The van der Waals surface area contributed by atoms with Gasteiger partial charge in [0.2, 0.25) is 0 Å². The highest BCUT2D eigenvalue weighted by molar-refractivity contribution is 7.22. The van der Waals surface area contributed by atoms with Crippen LogP contribution in [0.2, 0.25) is 0 Å². The SMILES string of the molecule is c1ccc([Si](c2ccccc2)(c2ccccc2)c2ccc(-c3ccc4c(c3)-c3cc(-c5ccc([Si](c6ccccc6)(c6ccccc6)c6ccccc6)cc5)ccc3[Si]4(c3ccccc3)c3ccccc3)cc2)cc1. The quantitative estimate of drug-likeness (QED) is 0.0848. The maximum Gasteiger partial charge on any atom is 0.180 e. The summed E-state index contributed by atoms with van der Waals surface area (Å²) in [6.07, 6.45) is 0. The van der Waals surface area contributed by atoms with Crippen LogP contribution in [0.15, 0.2) is 328 Å². The zero-order valence-electron chi connectivity index (χ0n) is 41.7. The lowest BCUT2D eigenvalue weighted by atomic mass is 9.96. The van der Waals surface area contributed by atoms with Crippen molar-refractivity contribution in [2.75, 3.05) is 0 Å². The van der Waals surface area contributed by atoms with Crippen molar-refractivity contribution in [1.82, 2.24) is 0 Å². The Hall–Kier alpha value is -8.71. The molecule has 1 aliphatic heterocycles. The Bertz CT molecular complexity index is 3420. The first-order valence-corrected chi connectivity index (χ1v) is 32.2. The molecule has 0 nitrogen and oxygen atoms in total.